The third-order valence-corrected chi connectivity index (χ3v) is 2.63. The molecule has 0 aromatic heterocycles. The van der Waals surface area contributed by atoms with Gasteiger partial charge in [0.15, 0.2) is 0 Å². The van der Waals surface area contributed by atoms with Crippen molar-refractivity contribution in [3.8, 4) is 0 Å². The molecule has 0 aliphatic heterocycles. The number of benzene rings is 1. The Morgan fingerprint density at radius 3 is 2.65 bits per heavy atom. The molecule has 1 aromatic rings. The van der Waals surface area contributed by atoms with E-state index in [2.05, 4.69) is 6.92 Å². The van der Waals surface area contributed by atoms with E-state index in [1.807, 2.05) is 42.5 Å². The van der Waals surface area contributed by atoms with Crippen LogP contribution in [0.3, 0.4) is 0 Å². The number of unbranched alkanes of at least 4 members (excludes halogenated alkanes) is 2. The molecule has 2 nitrogen and oxygen atoms in total. The quantitative estimate of drug-likeness (QED) is 0.503. The van der Waals surface area contributed by atoms with Crippen LogP contribution >= 0.6 is 0 Å². The summed E-state index contributed by atoms with van der Waals surface area (Å²) >= 11 is 0. The molecule has 0 amide bonds. The van der Waals surface area contributed by atoms with Crippen LogP contribution in [0.5, 0.6) is 0 Å². The van der Waals surface area contributed by atoms with E-state index in [1.165, 1.54) is 12.8 Å². The highest BCUT2D eigenvalue weighted by Gasteiger charge is 2.03. The topological polar surface area (TPSA) is 26.3 Å². The first-order chi connectivity index (χ1) is 8.36. The lowest BCUT2D eigenvalue weighted by atomic mass is 10.1. The minimum atomic E-state index is -0.0979. The summed E-state index contributed by atoms with van der Waals surface area (Å²) in [5.74, 6) is 0. The Labute approximate surface area is 103 Å². The maximum absolute atomic E-state index is 10.4. The van der Waals surface area contributed by atoms with Crippen molar-refractivity contribution in [1.29, 1.82) is 0 Å². The molecule has 0 N–H and O–H groups in total. The van der Waals surface area contributed by atoms with E-state index in [9.17, 15) is 4.79 Å². The van der Waals surface area contributed by atoms with Gasteiger partial charge < -0.3 is 4.74 Å². The van der Waals surface area contributed by atoms with Crippen LogP contribution in [0.4, 0.5) is 0 Å². The van der Waals surface area contributed by atoms with Gasteiger partial charge in [-0.15, -0.1) is 0 Å². The van der Waals surface area contributed by atoms with Crippen LogP contribution in [0.25, 0.3) is 6.08 Å². The number of ether oxygens (including phenoxy) is 1. The van der Waals surface area contributed by atoms with Crippen LogP contribution in [0.1, 0.15) is 38.2 Å². The molecular formula is C15H20O2. The van der Waals surface area contributed by atoms with Crippen molar-refractivity contribution in [2.24, 2.45) is 0 Å². The molecule has 1 aromatic carbocycles. The molecule has 0 aliphatic carbocycles. The summed E-state index contributed by atoms with van der Waals surface area (Å²) in [6.45, 7) is 2.70. The summed E-state index contributed by atoms with van der Waals surface area (Å²) in [6, 6.07) is 10.0. The molecular weight excluding hydrogens is 212 g/mol. The molecule has 0 radical (unpaired) electrons. The smallest absolute Gasteiger partial charge is 0.293 e. The van der Waals surface area contributed by atoms with Crippen LogP contribution in [0.2, 0.25) is 0 Å². The highest BCUT2D eigenvalue weighted by Crippen LogP contribution is 2.10. The van der Waals surface area contributed by atoms with Gasteiger partial charge >= 0.3 is 0 Å². The third kappa shape index (κ3) is 5.91. The van der Waals surface area contributed by atoms with E-state index in [4.69, 9.17) is 4.74 Å². The Morgan fingerprint density at radius 1 is 1.24 bits per heavy atom. The SMILES string of the molecule is CCCCC[C@@H](/C=C\c1ccccc1)OC=O. The summed E-state index contributed by atoms with van der Waals surface area (Å²) in [5, 5.41) is 0. The molecule has 0 bridgehead atoms. The fourth-order valence-corrected chi connectivity index (χ4v) is 1.66. The number of carbonyl (C=O) groups is 1. The van der Waals surface area contributed by atoms with E-state index < -0.39 is 0 Å². The van der Waals surface area contributed by atoms with Crippen molar-refractivity contribution in [1.82, 2.24) is 0 Å². The maximum atomic E-state index is 10.4. The standard InChI is InChI=1S/C15H20O2/c1-2-3-5-10-15(17-13-16)12-11-14-8-6-4-7-9-14/h4,6-9,11-13,15H,2-3,5,10H2,1H3/b12-11-/t15-/m0/s1. The van der Waals surface area contributed by atoms with Gasteiger partial charge in [-0.2, -0.15) is 0 Å². The minimum Gasteiger partial charge on any atom is -0.460 e. The number of carbonyl (C=O) groups excluding carboxylic acids is 1. The molecule has 0 heterocycles. The van der Waals surface area contributed by atoms with Crippen LogP contribution < -0.4 is 0 Å². The lowest BCUT2D eigenvalue weighted by molar-refractivity contribution is -0.131. The molecule has 0 unspecified atom stereocenters. The van der Waals surface area contributed by atoms with E-state index in [0.717, 1.165) is 18.4 Å². The average Bonchev–Trinajstić information content (AvgIpc) is 2.37. The molecule has 0 aliphatic rings. The summed E-state index contributed by atoms with van der Waals surface area (Å²) < 4.78 is 5.04. The first-order valence-electron chi connectivity index (χ1n) is 6.19. The predicted octanol–water partition coefficient (Wildman–Crippen LogP) is 3.82. The molecule has 1 rings (SSSR count). The summed E-state index contributed by atoms with van der Waals surface area (Å²) in [4.78, 5) is 10.4. The minimum absolute atomic E-state index is 0.0979. The van der Waals surface area contributed by atoms with Crippen molar-refractivity contribution >= 4 is 12.5 Å². The predicted molar refractivity (Wildman–Crippen MR) is 70.6 cm³/mol. The molecule has 2 heteroatoms. The largest absolute Gasteiger partial charge is 0.460 e. The van der Waals surface area contributed by atoms with Gasteiger partial charge in [-0.25, -0.2) is 0 Å². The molecule has 0 fully saturated rings. The van der Waals surface area contributed by atoms with Crippen molar-refractivity contribution in [3.05, 3.63) is 42.0 Å². The van der Waals surface area contributed by atoms with Crippen LogP contribution in [-0.2, 0) is 9.53 Å². The first-order valence-corrected chi connectivity index (χ1v) is 6.19. The Kier molecular flexibility index (Phi) is 6.80. The molecule has 0 saturated heterocycles. The number of rotatable bonds is 8. The van der Waals surface area contributed by atoms with E-state index >= 15 is 0 Å². The third-order valence-electron chi connectivity index (χ3n) is 2.63. The second-order valence-electron chi connectivity index (χ2n) is 4.04. The Balaban J connectivity index is 2.47. The fourth-order valence-electron chi connectivity index (χ4n) is 1.66. The number of hydrogen-bond acceptors (Lipinski definition) is 2. The van der Waals surface area contributed by atoms with Crippen molar-refractivity contribution in [2.45, 2.75) is 38.7 Å². The summed E-state index contributed by atoms with van der Waals surface area (Å²) in [7, 11) is 0. The molecule has 0 spiro atoms. The molecule has 92 valence electrons. The van der Waals surface area contributed by atoms with Crippen LogP contribution in [0.15, 0.2) is 36.4 Å². The molecule has 1 atom stereocenters. The first kappa shape index (κ1) is 13.5. The zero-order valence-electron chi connectivity index (χ0n) is 10.3. The van der Waals surface area contributed by atoms with Gasteiger partial charge in [0.05, 0.1) is 0 Å². The monoisotopic (exact) mass is 232 g/mol. The second-order valence-corrected chi connectivity index (χ2v) is 4.04. The van der Waals surface area contributed by atoms with E-state index in [1.54, 1.807) is 0 Å². The molecule has 17 heavy (non-hydrogen) atoms. The highest BCUT2D eigenvalue weighted by molar-refractivity contribution is 5.50. The maximum Gasteiger partial charge on any atom is 0.293 e. The van der Waals surface area contributed by atoms with Crippen molar-refractivity contribution in [3.63, 3.8) is 0 Å². The summed E-state index contributed by atoms with van der Waals surface area (Å²) in [5.41, 5.74) is 1.13. The van der Waals surface area contributed by atoms with Crippen LogP contribution in [0, 0.1) is 0 Å². The van der Waals surface area contributed by atoms with Gasteiger partial charge in [0.25, 0.3) is 6.47 Å². The summed E-state index contributed by atoms with van der Waals surface area (Å²) in [6.07, 6.45) is 8.21. The zero-order valence-corrected chi connectivity index (χ0v) is 10.3. The van der Waals surface area contributed by atoms with Crippen LogP contribution in [-0.4, -0.2) is 12.6 Å². The normalized spacial score (nSPS) is 12.5. The van der Waals surface area contributed by atoms with Crippen molar-refractivity contribution < 1.29 is 9.53 Å². The van der Waals surface area contributed by atoms with Gasteiger partial charge in [-0.3, -0.25) is 4.79 Å². The van der Waals surface area contributed by atoms with Gasteiger partial charge in [0.2, 0.25) is 0 Å². The Morgan fingerprint density at radius 2 is 2.00 bits per heavy atom. The van der Waals surface area contributed by atoms with Crippen molar-refractivity contribution in [2.75, 3.05) is 0 Å². The lowest BCUT2D eigenvalue weighted by Gasteiger charge is -2.10. The van der Waals surface area contributed by atoms with Gasteiger partial charge in [0.1, 0.15) is 6.10 Å². The second kappa shape index (κ2) is 8.57. The lowest BCUT2D eigenvalue weighted by Crippen LogP contribution is -2.08. The van der Waals surface area contributed by atoms with E-state index in [0.29, 0.717) is 6.47 Å². The fraction of sp³-hybridized carbons (Fsp3) is 0.400. The van der Waals surface area contributed by atoms with Gasteiger partial charge in [-0.05, 0) is 24.5 Å². The zero-order chi connectivity index (χ0) is 12.3. The highest BCUT2D eigenvalue weighted by atomic mass is 16.5. The average molecular weight is 232 g/mol. The van der Waals surface area contributed by atoms with Gasteiger partial charge in [0, 0.05) is 0 Å². The van der Waals surface area contributed by atoms with Gasteiger partial charge in [-0.1, -0.05) is 56.2 Å². The Hall–Kier alpha value is -1.57. The Bertz CT molecular complexity index is 330. The van der Waals surface area contributed by atoms with E-state index in [-0.39, 0.29) is 6.10 Å². The number of hydrogen-bond donors (Lipinski definition) is 0. The molecule has 0 saturated carbocycles.